The number of hydrogen-bond donors (Lipinski definition) is 2. The highest BCUT2D eigenvalue weighted by Gasteiger charge is 2.64. The second-order valence-electron chi connectivity index (χ2n) is 12.8. The third kappa shape index (κ3) is 6.45. The lowest BCUT2D eigenvalue weighted by molar-refractivity contribution is -0.137. The fourth-order valence-electron chi connectivity index (χ4n) is 7.36. The molecule has 8 nitrogen and oxygen atoms in total. The molecule has 3 aromatic rings. The van der Waals surface area contributed by atoms with Crippen molar-refractivity contribution < 1.29 is 63.7 Å². The molecule has 1 aromatic heterocycles. The van der Waals surface area contributed by atoms with E-state index >= 15 is 0 Å². The molecule has 53 heavy (non-hydrogen) atoms. The molecule has 3 aliphatic heterocycles. The van der Waals surface area contributed by atoms with Gasteiger partial charge in [0, 0.05) is 17.3 Å². The molecule has 4 heterocycles. The number of alkyl halides is 9. The van der Waals surface area contributed by atoms with Crippen molar-refractivity contribution >= 4 is 12.1 Å². The second-order valence-corrected chi connectivity index (χ2v) is 12.8. The van der Waals surface area contributed by atoms with Crippen molar-refractivity contribution in [2.75, 3.05) is 7.11 Å². The third-order valence-electron chi connectivity index (χ3n) is 9.49. The van der Waals surface area contributed by atoms with E-state index in [1.807, 2.05) is 0 Å². The zero-order valence-corrected chi connectivity index (χ0v) is 27.8. The number of nitrogens with zero attached hydrogens (tertiary/aromatic N) is 2. The number of carbonyl (C=O) groups excluding carboxylic acids is 1. The van der Waals surface area contributed by atoms with E-state index in [1.165, 1.54) is 31.5 Å². The van der Waals surface area contributed by atoms with E-state index in [0.717, 1.165) is 23.1 Å². The fraction of sp³-hybridized carbons (Fsp3) is 0.306. The van der Waals surface area contributed by atoms with Gasteiger partial charge in [0.2, 0.25) is 5.88 Å². The number of aromatic nitrogens is 1. The molecular weight excluding hydrogens is 725 g/mol. The number of aromatic carboxylic acids is 1. The number of amides is 1. The van der Waals surface area contributed by atoms with E-state index in [1.54, 1.807) is 13.8 Å². The van der Waals surface area contributed by atoms with E-state index < -0.39 is 77.2 Å². The van der Waals surface area contributed by atoms with Gasteiger partial charge in [-0.3, -0.25) is 4.90 Å². The third-order valence-corrected chi connectivity index (χ3v) is 9.49. The highest BCUT2D eigenvalue weighted by atomic mass is 19.4. The van der Waals surface area contributed by atoms with E-state index in [2.05, 4.69) is 16.9 Å². The number of hydrogen-bond acceptors (Lipinski definition) is 6. The normalized spacial score (nSPS) is 21.8. The van der Waals surface area contributed by atoms with Gasteiger partial charge in [-0.15, -0.1) is 0 Å². The van der Waals surface area contributed by atoms with Crippen molar-refractivity contribution in [1.82, 2.24) is 15.2 Å². The summed E-state index contributed by atoms with van der Waals surface area (Å²) >= 11 is 0. The summed E-state index contributed by atoms with van der Waals surface area (Å²) in [5.41, 5.74) is -5.46. The van der Waals surface area contributed by atoms with Crippen LogP contribution in [0.4, 0.5) is 44.3 Å². The Labute approximate surface area is 295 Å². The number of nitrogens with one attached hydrogen (secondary N) is 1. The Balaban J connectivity index is 1.55. The number of methoxy groups -OCH3 is 1. The Kier molecular flexibility index (Phi) is 8.85. The molecule has 0 aliphatic carbocycles. The number of halogens is 9. The predicted molar refractivity (Wildman–Crippen MR) is 170 cm³/mol. The highest BCUT2D eigenvalue weighted by Crippen LogP contribution is 2.54. The van der Waals surface area contributed by atoms with E-state index in [4.69, 9.17) is 9.47 Å². The van der Waals surface area contributed by atoms with Crippen molar-refractivity contribution in [3.8, 4) is 28.1 Å². The monoisotopic (exact) mass is 753 g/mol. The van der Waals surface area contributed by atoms with Crippen molar-refractivity contribution in [2.24, 2.45) is 0 Å². The van der Waals surface area contributed by atoms with Gasteiger partial charge in [-0.2, -0.15) is 39.5 Å². The minimum absolute atomic E-state index is 0.0144. The Morgan fingerprint density at radius 2 is 1.64 bits per heavy atom. The summed E-state index contributed by atoms with van der Waals surface area (Å²) in [5, 5.41) is 11.6. The molecule has 280 valence electrons. The topological polar surface area (TPSA) is 101 Å². The second kappa shape index (κ2) is 12.6. The molecule has 3 aliphatic rings. The van der Waals surface area contributed by atoms with Crippen molar-refractivity contribution in [2.45, 2.75) is 63.0 Å². The maximum Gasteiger partial charge on any atom is 0.430 e. The smallest absolute Gasteiger partial charge is 0.430 e. The van der Waals surface area contributed by atoms with Crippen molar-refractivity contribution in [1.29, 1.82) is 0 Å². The predicted octanol–water partition coefficient (Wildman–Crippen LogP) is 9.20. The van der Waals surface area contributed by atoms with Crippen LogP contribution in [-0.4, -0.2) is 58.3 Å². The summed E-state index contributed by atoms with van der Waals surface area (Å²) in [4.78, 5) is 30.4. The van der Waals surface area contributed by atoms with Gasteiger partial charge >= 0.3 is 30.6 Å². The summed E-state index contributed by atoms with van der Waals surface area (Å²) in [6, 6.07) is 5.58. The first-order valence-corrected chi connectivity index (χ1v) is 15.7. The van der Waals surface area contributed by atoms with Crippen LogP contribution in [0.25, 0.3) is 22.3 Å². The van der Waals surface area contributed by atoms with Crippen LogP contribution in [0.3, 0.4) is 0 Å². The summed E-state index contributed by atoms with van der Waals surface area (Å²) in [6.45, 7) is 6.87. The minimum Gasteiger partial charge on any atom is -0.481 e. The molecule has 17 heteroatoms. The number of carboxylic acid groups (broad SMARTS) is 1. The largest absolute Gasteiger partial charge is 0.481 e. The molecule has 0 unspecified atom stereocenters. The number of carboxylic acids is 1. The Morgan fingerprint density at radius 1 is 0.981 bits per heavy atom. The number of aryl methyl sites for hydroxylation is 2. The molecule has 0 saturated carbocycles. The van der Waals surface area contributed by atoms with Gasteiger partial charge in [0.05, 0.1) is 29.9 Å². The zero-order chi connectivity index (χ0) is 39.0. The quantitative estimate of drug-likeness (QED) is 0.251. The molecule has 2 aromatic carbocycles. The van der Waals surface area contributed by atoms with Gasteiger partial charge in [-0.25, -0.2) is 14.6 Å². The maximum atomic E-state index is 14.3. The average molecular weight is 754 g/mol. The molecule has 1 spiro atoms. The highest BCUT2D eigenvalue weighted by molar-refractivity contribution is 5.90. The van der Waals surface area contributed by atoms with Crippen LogP contribution >= 0.6 is 0 Å². The van der Waals surface area contributed by atoms with E-state index in [0.29, 0.717) is 28.3 Å². The van der Waals surface area contributed by atoms with Crippen molar-refractivity contribution in [3.63, 3.8) is 0 Å². The van der Waals surface area contributed by atoms with E-state index in [9.17, 15) is 54.2 Å². The first-order valence-electron chi connectivity index (χ1n) is 15.7. The van der Waals surface area contributed by atoms with Gasteiger partial charge in [0.25, 0.3) is 0 Å². The van der Waals surface area contributed by atoms with E-state index in [-0.39, 0.29) is 40.6 Å². The van der Waals surface area contributed by atoms with Gasteiger partial charge in [-0.05, 0) is 103 Å². The lowest BCUT2D eigenvalue weighted by Gasteiger charge is -2.39. The Hall–Kier alpha value is -5.48. The Bertz CT molecular complexity index is 2100. The number of ether oxygens (including phenoxy) is 2. The zero-order valence-electron chi connectivity index (χ0n) is 27.8. The molecule has 1 amide bonds. The van der Waals surface area contributed by atoms with Crippen LogP contribution < -0.4 is 10.1 Å². The first kappa shape index (κ1) is 37.3. The first-order chi connectivity index (χ1) is 24.6. The lowest BCUT2D eigenvalue weighted by Crippen LogP contribution is -2.60. The number of carbonyl (C=O) groups is 2. The standard InChI is InChI=1S/C36H28F9N3O5/c1-16-9-19(31(49)50)10-17(2)28(16)20-12-25(30(52-4)46-15-20)23-6-5-21(34(37,38)39)13-24(23)26-7-8-33-29(53-32(51)48(26)33)18(3)11-22(35(40,41)42)14-27(47-33)36(43,44)45/h5-6,9-15,26,29,47H,3,7-8H2,1-2,4H3,(H,49,50)/t26-,29+,33-/m0/s1. The molecular formula is C36H28F9N3O5. The number of benzene rings is 2. The van der Waals surface area contributed by atoms with Crippen LogP contribution in [0.1, 0.15) is 51.5 Å². The van der Waals surface area contributed by atoms with Crippen LogP contribution in [0.15, 0.2) is 78.2 Å². The molecule has 2 fully saturated rings. The summed E-state index contributed by atoms with van der Waals surface area (Å²) in [7, 11) is 1.25. The minimum atomic E-state index is -5.39. The number of pyridine rings is 1. The van der Waals surface area contributed by atoms with Crippen LogP contribution in [0, 0.1) is 13.8 Å². The fourth-order valence-corrected chi connectivity index (χ4v) is 7.36. The summed E-state index contributed by atoms with van der Waals surface area (Å²) in [5.74, 6) is -1.24. The average Bonchev–Trinajstić information content (AvgIpc) is 3.56. The molecule has 3 atom stereocenters. The number of allylic oxidation sites excluding steroid dienone is 3. The maximum absolute atomic E-state index is 14.3. The van der Waals surface area contributed by atoms with Crippen molar-refractivity contribution in [3.05, 3.63) is 106 Å². The molecule has 6 rings (SSSR count). The molecule has 0 bridgehead atoms. The van der Waals surface area contributed by atoms with Gasteiger partial charge in [-0.1, -0.05) is 12.6 Å². The SMILES string of the molecule is C=C1C=C(C(F)(F)F)C=C(C(F)(F)F)N[C@@]23CC[C@@H](c4cc(C(F)(F)F)ccc4-c4cc(-c5c(C)cc(C(=O)O)cc5C)cnc4OC)N2C(=O)O[C@H]13. The number of rotatable bonds is 5. The van der Waals surface area contributed by atoms with Gasteiger partial charge < -0.3 is 19.9 Å². The van der Waals surface area contributed by atoms with Crippen LogP contribution in [-0.2, 0) is 10.9 Å². The summed E-state index contributed by atoms with van der Waals surface area (Å²) in [6.07, 6.45) is -17.7. The van der Waals surface area contributed by atoms with Crippen LogP contribution in [0.5, 0.6) is 5.88 Å². The Morgan fingerprint density at radius 3 is 2.21 bits per heavy atom. The van der Waals surface area contributed by atoms with Gasteiger partial charge in [0.15, 0.2) is 11.8 Å². The molecule has 0 radical (unpaired) electrons. The molecule has 2 N–H and O–H groups in total. The van der Waals surface area contributed by atoms with Crippen LogP contribution in [0.2, 0.25) is 0 Å². The molecule has 2 saturated heterocycles. The lowest BCUT2D eigenvalue weighted by atomic mass is 9.89. The summed E-state index contributed by atoms with van der Waals surface area (Å²) < 4.78 is 138. The van der Waals surface area contributed by atoms with Gasteiger partial charge in [0.1, 0.15) is 5.70 Å².